The largest absolute Gasteiger partial charge is 0.502 e. The average molecular weight is 441 g/mol. The Morgan fingerprint density at radius 2 is 1.53 bits per heavy atom. The smallest absolute Gasteiger partial charge is 0.290 e. The molecule has 8 heteroatoms. The normalized spacial score (nSPS) is 16.8. The standard InChI is InChI=1S/C9H7NO4S.2Ag/c11-7-8(6-4-2-1-3-5-6)15(13,14)10-9(7)12;;/h1-5,11H,(H,10,12);;. The maximum atomic E-state index is 11.4. The van der Waals surface area contributed by atoms with Crippen molar-refractivity contribution in [3.8, 4) is 0 Å². The van der Waals surface area contributed by atoms with Gasteiger partial charge in [0.05, 0.1) is 0 Å². The predicted octanol–water partition coefficient (Wildman–Crippen LogP) is 1.21. The van der Waals surface area contributed by atoms with Crippen molar-refractivity contribution >= 4 is 20.8 Å². The van der Waals surface area contributed by atoms with Gasteiger partial charge in [-0.3, -0.25) is 0 Å². The van der Waals surface area contributed by atoms with Gasteiger partial charge in [0.25, 0.3) is 15.9 Å². The van der Waals surface area contributed by atoms with E-state index in [0.717, 1.165) is 0 Å². The van der Waals surface area contributed by atoms with E-state index in [4.69, 9.17) is 5.11 Å². The van der Waals surface area contributed by atoms with Crippen molar-refractivity contribution < 1.29 is 63.4 Å². The van der Waals surface area contributed by atoms with Crippen molar-refractivity contribution in [2.45, 2.75) is 0 Å². The fraction of sp³-hybridized carbons (Fsp3) is 0. The van der Waals surface area contributed by atoms with E-state index in [0.29, 0.717) is 5.56 Å². The first kappa shape index (κ1) is 16.7. The molecule has 0 saturated heterocycles. The molecule has 100 valence electrons. The number of hydrogen-bond donors (Lipinski definition) is 2. The monoisotopic (exact) mass is 439 g/mol. The average Bonchev–Trinajstić information content (AvgIpc) is 2.37. The summed E-state index contributed by atoms with van der Waals surface area (Å²) in [6.45, 7) is 0. The van der Waals surface area contributed by atoms with Crippen molar-refractivity contribution in [3.63, 3.8) is 0 Å². The zero-order chi connectivity index (χ0) is 11.1. The molecule has 0 unspecified atom stereocenters. The van der Waals surface area contributed by atoms with Gasteiger partial charge in [0.1, 0.15) is 4.91 Å². The topological polar surface area (TPSA) is 87.0 Å². The van der Waals surface area contributed by atoms with Gasteiger partial charge in [0, 0.05) is 44.8 Å². The van der Waals surface area contributed by atoms with Gasteiger partial charge in [-0.15, -0.1) is 4.40 Å². The summed E-state index contributed by atoms with van der Waals surface area (Å²) in [5.74, 6) is -1.57. The first-order chi connectivity index (χ1) is 7.02. The number of benzene rings is 1. The van der Waals surface area contributed by atoms with Crippen molar-refractivity contribution in [3.05, 3.63) is 41.7 Å². The number of nitrogens with zero attached hydrogens (tertiary/aromatic N) is 1. The van der Waals surface area contributed by atoms with Crippen LogP contribution in [0.5, 0.6) is 0 Å². The number of rotatable bonds is 1. The second kappa shape index (κ2) is 6.01. The summed E-state index contributed by atoms with van der Waals surface area (Å²) in [5, 5.41) is 18.4. The first-order valence-electron chi connectivity index (χ1n) is 4.05. The molecule has 0 aliphatic carbocycles. The predicted molar refractivity (Wildman–Crippen MR) is 55.0 cm³/mol. The molecule has 2 rings (SSSR count). The van der Waals surface area contributed by atoms with Gasteiger partial charge in [0.2, 0.25) is 5.76 Å². The molecule has 0 amide bonds. The molecule has 0 atom stereocenters. The van der Waals surface area contributed by atoms with E-state index in [-0.39, 0.29) is 49.7 Å². The van der Waals surface area contributed by atoms with Crippen LogP contribution in [0.4, 0.5) is 0 Å². The number of aliphatic hydroxyl groups is 2. The molecular weight excluding hydrogens is 434 g/mol. The molecule has 1 aliphatic rings. The molecule has 0 saturated carbocycles. The van der Waals surface area contributed by atoms with Gasteiger partial charge in [-0.1, -0.05) is 30.3 Å². The summed E-state index contributed by atoms with van der Waals surface area (Å²) in [7, 11) is -3.97. The van der Waals surface area contributed by atoms with E-state index in [1.165, 1.54) is 12.1 Å². The summed E-state index contributed by atoms with van der Waals surface area (Å²) >= 11 is 0. The molecule has 1 aromatic carbocycles. The number of sulfonamides is 1. The van der Waals surface area contributed by atoms with Crippen LogP contribution in [0.3, 0.4) is 0 Å². The molecule has 2 radical (unpaired) electrons. The van der Waals surface area contributed by atoms with Crippen molar-refractivity contribution in [1.82, 2.24) is 0 Å². The maximum Gasteiger partial charge on any atom is 0.290 e. The quantitative estimate of drug-likeness (QED) is 0.642. The van der Waals surface area contributed by atoms with Gasteiger partial charge < -0.3 is 10.2 Å². The van der Waals surface area contributed by atoms with Crippen LogP contribution in [0.15, 0.2) is 40.5 Å². The molecule has 5 nitrogen and oxygen atoms in total. The van der Waals surface area contributed by atoms with E-state index in [1.54, 1.807) is 18.2 Å². The molecular formula is C9H7Ag2NO4S. The van der Waals surface area contributed by atoms with E-state index in [1.807, 2.05) is 0 Å². The number of hydrogen-bond acceptors (Lipinski definition) is 3. The third kappa shape index (κ3) is 3.11. The Balaban J connectivity index is 0.00000128. The fourth-order valence-corrected chi connectivity index (χ4v) is 2.48. The van der Waals surface area contributed by atoms with Crippen LogP contribution in [-0.4, -0.2) is 24.5 Å². The summed E-state index contributed by atoms with van der Waals surface area (Å²) in [5.41, 5.74) is 0.294. The van der Waals surface area contributed by atoms with E-state index < -0.39 is 21.7 Å². The Morgan fingerprint density at radius 3 is 1.94 bits per heavy atom. The van der Waals surface area contributed by atoms with Crippen LogP contribution in [0, 0.1) is 0 Å². The van der Waals surface area contributed by atoms with Crippen LogP contribution in [0.2, 0.25) is 0 Å². The second-order valence-corrected chi connectivity index (χ2v) is 4.47. The Bertz CT molecular complexity index is 566. The van der Waals surface area contributed by atoms with E-state index >= 15 is 0 Å². The summed E-state index contributed by atoms with van der Waals surface area (Å²) in [6.07, 6.45) is 0. The zero-order valence-corrected chi connectivity index (χ0v) is 11.8. The summed E-state index contributed by atoms with van der Waals surface area (Å²) in [4.78, 5) is -0.361. The first-order valence-corrected chi connectivity index (χ1v) is 5.49. The Hall–Kier alpha value is -0.339. The second-order valence-electron chi connectivity index (χ2n) is 2.93. The van der Waals surface area contributed by atoms with Gasteiger partial charge in [-0.25, -0.2) is 0 Å². The third-order valence-electron chi connectivity index (χ3n) is 1.93. The fourth-order valence-electron chi connectivity index (χ4n) is 1.30. The minimum absolute atomic E-state index is 0. The van der Waals surface area contributed by atoms with Crippen LogP contribution >= 0.6 is 0 Å². The van der Waals surface area contributed by atoms with Gasteiger partial charge in [0.15, 0.2) is 0 Å². The molecule has 0 spiro atoms. The van der Waals surface area contributed by atoms with Crippen LogP contribution in [0.25, 0.3) is 4.91 Å². The Morgan fingerprint density at radius 1 is 1.00 bits per heavy atom. The number of aliphatic hydroxyl groups excluding tert-OH is 2. The molecule has 17 heavy (non-hydrogen) atoms. The molecule has 0 fully saturated rings. The van der Waals surface area contributed by atoms with E-state index in [9.17, 15) is 13.5 Å². The minimum atomic E-state index is -3.97. The Labute approximate surface area is 129 Å². The third-order valence-corrected chi connectivity index (χ3v) is 3.29. The summed E-state index contributed by atoms with van der Waals surface area (Å²) < 4.78 is 25.8. The summed E-state index contributed by atoms with van der Waals surface area (Å²) in [6, 6.07) is 7.98. The maximum absolute atomic E-state index is 11.4. The van der Waals surface area contributed by atoms with Gasteiger partial charge in [-0.05, 0) is 5.56 Å². The molecule has 1 aliphatic heterocycles. The van der Waals surface area contributed by atoms with Crippen LogP contribution < -0.4 is 0 Å². The molecule has 1 heterocycles. The van der Waals surface area contributed by atoms with Crippen LogP contribution in [-0.2, 0) is 54.8 Å². The molecule has 2 N–H and O–H groups in total. The van der Waals surface area contributed by atoms with Gasteiger partial charge >= 0.3 is 0 Å². The van der Waals surface area contributed by atoms with E-state index in [2.05, 4.69) is 4.40 Å². The van der Waals surface area contributed by atoms with Crippen molar-refractivity contribution in [1.29, 1.82) is 0 Å². The molecule has 1 aromatic rings. The van der Waals surface area contributed by atoms with Crippen molar-refractivity contribution in [2.24, 2.45) is 4.40 Å². The molecule has 0 aromatic heterocycles. The molecule has 0 bridgehead atoms. The SMILES string of the molecule is O=S1(=O)N=C(O)C(O)=C1c1ccccc1.[Ag].[Ag]. The van der Waals surface area contributed by atoms with Gasteiger partial charge in [-0.2, -0.15) is 8.42 Å². The minimum Gasteiger partial charge on any atom is -0.502 e. The van der Waals surface area contributed by atoms with Crippen molar-refractivity contribution in [2.75, 3.05) is 0 Å². The zero-order valence-electron chi connectivity index (χ0n) is 8.06. The Kier molecular flexibility index (Phi) is 5.89. The van der Waals surface area contributed by atoms with Crippen LogP contribution in [0.1, 0.15) is 5.56 Å².